The number of nitrogens with zero attached hydrogens (tertiary/aromatic N) is 1. The maximum absolute atomic E-state index is 11.9. The molecule has 0 aromatic carbocycles. The highest BCUT2D eigenvalue weighted by atomic mass is 31.2. The quantitative estimate of drug-likeness (QED) is 0.183. The molecule has 8 heteroatoms. The lowest BCUT2D eigenvalue weighted by Gasteiger charge is -2.21. The van der Waals surface area contributed by atoms with Crippen molar-refractivity contribution in [2.75, 3.05) is 26.3 Å². The molecule has 0 aliphatic carbocycles. The average molecular weight is 390 g/mol. The molecule has 0 aromatic heterocycles. The molecule has 2 amide bonds. The summed E-state index contributed by atoms with van der Waals surface area (Å²) in [6.45, 7) is 7.40. The standard InChI is InChI=1S/C18H36N3O4P/c1-5-8-10-12-18(23)21-14-16(13-20-17(22)11-9-6-2)25-26(4)24-15-19-7-3/h15-16H,5-14H2,1-4H3,(H,20,22)(H,21,23)/i2D. The number of hydrogen-bond donors (Lipinski definition) is 2. The molecule has 0 saturated carbocycles. The normalized spacial score (nSPS) is 13.9. The largest absolute Gasteiger partial charge is 0.437 e. The van der Waals surface area contributed by atoms with Gasteiger partial charge in [-0.3, -0.25) is 14.6 Å². The van der Waals surface area contributed by atoms with Gasteiger partial charge in [0.25, 0.3) is 0 Å². The van der Waals surface area contributed by atoms with E-state index >= 15 is 0 Å². The summed E-state index contributed by atoms with van der Waals surface area (Å²) in [5, 5.41) is 5.71. The van der Waals surface area contributed by atoms with Gasteiger partial charge in [-0.25, -0.2) is 0 Å². The van der Waals surface area contributed by atoms with Crippen molar-refractivity contribution in [1.82, 2.24) is 10.6 Å². The first-order valence-electron chi connectivity index (χ1n) is 10.1. The summed E-state index contributed by atoms with van der Waals surface area (Å²) >= 11 is 0. The summed E-state index contributed by atoms with van der Waals surface area (Å²) in [6.07, 6.45) is 6.30. The van der Waals surface area contributed by atoms with Crippen molar-refractivity contribution in [2.24, 2.45) is 4.99 Å². The van der Waals surface area contributed by atoms with E-state index in [0.29, 0.717) is 52.2 Å². The van der Waals surface area contributed by atoms with Crippen LogP contribution in [0.3, 0.4) is 0 Å². The minimum absolute atomic E-state index is 0.00674. The van der Waals surface area contributed by atoms with E-state index in [1.54, 1.807) is 0 Å². The first-order valence-corrected chi connectivity index (χ1v) is 11.0. The molecule has 0 aliphatic heterocycles. The van der Waals surface area contributed by atoms with Crippen LogP contribution in [0.5, 0.6) is 0 Å². The third-order valence-electron chi connectivity index (χ3n) is 3.47. The Morgan fingerprint density at radius 1 is 1.12 bits per heavy atom. The third kappa shape index (κ3) is 15.1. The molecule has 2 atom stereocenters. The predicted molar refractivity (Wildman–Crippen MR) is 108 cm³/mol. The molecule has 0 aromatic rings. The Balaban J connectivity index is 4.40. The molecule has 2 unspecified atom stereocenters. The Labute approximate surface area is 161 Å². The summed E-state index contributed by atoms with van der Waals surface area (Å²) in [5.74, 6) is -0.0760. The minimum Gasteiger partial charge on any atom is -0.437 e. The van der Waals surface area contributed by atoms with E-state index in [1.807, 2.05) is 13.6 Å². The highest BCUT2D eigenvalue weighted by Crippen LogP contribution is 2.33. The fourth-order valence-corrected chi connectivity index (χ4v) is 2.83. The maximum atomic E-state index is 11.9. The number of hydrogen-bond acceptors (Lipinski definition) is 5. The molecule has 0 radical (unpaired) electrons. The van der Waals surface area contributed by atoms with Gasteiger partial charge in [0.05, 0.1) is 6.10 Å². The van der Waals surface area contributed by atoms with Gasteiger partial charge in [-0.05, 0) is 19.8 Å². The Hall–Kier alpha value is -1.20. The summed E-state index contributed by atoms with van der Waals surface area (Å²) < 4.78 is 18.3. The zero-order valence-corrected chi connectivity index (χ0v) is 17.4. The number of carbonyl (C=O) groups excluding carboxylic acids is 2. The summed E-state index contributed by atoms with van der Waals surface area (Å²) in [6, 6.07) is 0. The van der Waals surface area contributed by atoms with Crippen LogP contribution in [0.1, 0.15) is 67.1 Å². The lowest BCUT2D eigenvalue weighted by Crippen LogP contribution is -2.40. The van der Waals surface area contributed by atoms with Gasteiger partial charge in [-0.2, -0.15) is 0 Å². The number of amides is 2. The highest BCUT2D eigenvalue weighted by Gasteiger charge is 2.17. The van der Waals surface area contributed by atoms with Crippen LogP contribution in [0.15, 0.2) is 4.99 Å². The van der Waals surface area contributed by atoms with Gasteiger partial charge in [-0.15, -0.1) is 0 Å². The van der Waals surface area contributed by atoms with E-state index in [0.717, 1.165) is 19.3 Å². The Kier molecular flexibility index (Phi) is 15.1. The molecular formula is C18H36N3O4P. The Morgan fingerprint density at radius 2 is 1.77 bits per heavy atom. The highest BCUT2D eigenvalue weighted by molar-refractivity contribution is 7.46. The molecule has 0 spiro atoms. The number of unbranched alkanes of at least 4 members (excludes halogenated alkanes) is 3. The first-order chi connectivity index (χ1) is 13.0. The lowest BCUT2D eigenvalue weighted by atomic mass is 10.2. The monoisotopic (exact) mass is 390 g/mol. The second kappa shape index (κ2) is 17.2. The number of carbonyl (C=O) groups is 2. The van der Waals surface area contributed by atoms with E-state index in [4.69, 9.17) is 10.4 Å². The Morgan fingerprint density at radius 3 is 2.35 bits per heavy atom. The van der Waals surface area contributed by atoms with Crippen LogP contribution in [0, 0.1) is 0 Å². The number of rotatable bonds is 16. The molecule has 0 fully saturated rings. The van der Waals surface area contributed by atoms with Gasteiger partial charge < -0.3 is 19.7 Å². The van der Waals surface area contributed by atoms with E-state index < -0.39 is 8.38 Å². The van der Waals surface area contributed by atoms with E-state index in [-0.39, 0.29) is 17.9 Å². The Bertz CT molecular complexity index is 401. The van der Waals surface area contributed by atoms with Crippen molar-refractivity contribution >= 4 is 26.6 Å². The van der Waals surface area contributed by atoms with Crippen molar-refractivity contribution in [3.63, 3.8) is 0 Å². The van der Waals surface area contributed by atoms with Crippen LogP contribution in [0.25, 0.3) is 0 Å². The third-order valence-corrected chi connectivity index (χ3v) is 4.45. The molecule has 2 N–H and O–H groups in total. The van der Waals surface area contributed by atoms with Crippen LogP contribution < -0.4 is 10.6 Å². The van der Waals surface area contributed by atoms with E-state index in [2.05, 4.69) is 22.5 Å². The summed E-state index contributed by atoms with van der Waals surface area (Å²) in [7, 11) is -1.20. The molecule has 0 saturated heterocycles. The molecule has 7 nitrogen and oxygen atoms in total. The van der Waals surface area contributed by atoms with Gasteiger partial charge >= 0.3 is 0 Å². The minimum atomic E-state index is -1.20. The maximum Gasteiger partial charge on any atom is 0.228 e. The summed E-state index contributed by atoms with van der Waals surface area (Å²) in [5.41, 5.74) is 0. The molecule has 0 rings (SSSR count). The van der Waals surface area contributed by atoms with Crippen molar-refractivity contribution in [3.8, 4) is 0 Å². The topological polar surface area (TPSA) is 89.0 Å². The van der Waals surface area contributed by atoms with Crippen LogP contribution in [0.4, 0.5) is 0 Å². The van der Waals surface area contributed by atoms with Gasteiger partial charge in [0.15, 0.2) is 6.40 Å². The van der Waals surface area contributed by atoms with Gasteiger partial charge in [0.1, 0.15) is 0 Å². The van der Waals surface area contributed by atoms with Gasteiger partial charge in [0.2, 0.25) is 20.2 Å². The smallest absolute Gasteiger partial charge is 0.228 e. The van der Waals surface area contributed by atoms with E-state index in [1.165, 1.54) is 6.40 Å². The summed E-state index contributed by atoms with van der Waals surface area (Å²) in [4.78, 5) is 27.8. The molecular weight excluding hydrogens is 353 g/mol. The van der Waals surface area contributed by atoms with Crippen molar-refractivity contribution in [1.29, 1.82) is 0 Å². The molecule has 0 heterocycles. The molecule has 152 valence electrons. The van der Waals surface area contributed by atoms with Crippen LogP contribution in [0.2, 0.25) is 0 Å². The second-order valence-corrected chi connectivity index (χ2v) is 7.20. The van der Waals surface area contributed by atoms with Crippen molar-refractivity contribution < 1.29 is 20.0 Å². The van der Waals surface area contributed by atoms with Crippen molar-refractivity contribution in [3.05, 3.63) is 0 Å². The molecule has 0 aliphatic rings. The number of nitrogens with one attached hydrogen (secondary N) is 2. The van der Waals surface area contributed by atoms with Crippen LogP contribution in [-0.2, 0) is 18.6 Å². The second-order valence-electron chi connectivity index (χ2n) is 5.90. The van der Waals surface area contributed by atoms with Gasteiger partial charge in [0, 0.05) is 40.5 Å². The SMILES string of the molecule is [2H]CCCCC(=O)NCC(CNC(=O)CCCCC)OP(C)OC=NCC. The zero-order valence-electron chi connectivity index (χ0n) is 17.5. The van der Waals surface area contributed by atoms with E-state index in [9.17, 15) is 9.59 Å². The fraction of sp³-hybridized carbons (Fsp3) is 0.833. The average Bonchev–Trinajstić information content (AvgIpc) is 2.64. The zero-order chi connectivity index (χ0) is 20.3. The fourth-order valence-electron chi connectivity index (χ4n) is 2.01. The molecule has 0 bridgehead atoms. The molecule has 26 heavy (non-hydrogen) atoms. The number of aliphatic imine (C=N–C) groups is 1. The van der Waals surface area contributed by atoms with Gasteiger partial charge in [-0.1, -0.05) is 33.1 Å². The van der Waals surface area contributed by atoms with Crippen LogP contribution in [-0.4, -0.2) is 50.6 Å². The predicted octanol–water partition coefficient (Wildman–Crippen LogP) is 3.38. The first kappa shape index (κ1) is 22.8. The van der Waals surface area contributed by atoms with Crippen molar-refractivity contribution in [2.45, 2.75) is 71.8 Å². The lowest BCUT2D eigenvalue weighted by molar-refractivity contribution is -0.121. The van der Waals surface area contributed by atoms with Crippen LogP contribution >= 0.6 is 8.38 Å².